The van der Waals surface area contributed by atoms with Crippen molar-refractivity contribution >= 4 is 6.29 Å². The highest BCUT2D eigenvalue weighted by atomic mass is 16.5. The summed E-state index contributed by atoms with van der Waals surface area (Å²) < 4.78 is 11.3. The third-order valence-corrected chi connectivity index (χ3v) is 3.69. The average Bonchev–Trinajstić information content (AvgIpc) is 2.28. The van der Waals surface area contributed by atoms with E-state index in [9.17, 15) is 4.79 Å². The van der Waals surface area contributed by atoms with Crippen LogP contribution in [0.25, 0.3) is 0 Å². The smallest absolute Gasteiger partial charge is 0.120 e. The van der Waals surface area contributed by atoms with Gasteiger partial charge in [-0.3, -0.25) is 0 Å². The maximum absolute atomic E-state index is 10.4. The van der Waals surface area contributed by atoms with Gasteiger partial charge in [-0.05, 0) is 38.0 Å². The van der Waals surface area contributed by atoms with E-state index in [0.29, 0.717) is 12.3 Å². The van der Waals surface area contributed by atoms with Crippen LogP contribution in [-0.2, 0) is 14.3 Å². The molecule has 2 rings (SSSR count). The lowest BCUT2D eigenvalue weighted by Gasteiger charge is -2.43. The van der Waals surface area contributed by atoms with E-state index in [1.807, 2.05) is 0 Å². The van der Waals surface area contributed by atoms with Crippen LogP contribution in [0.1, 0.15) is 38.5 Å². The van der Waals surface area contributed by atoms with Crippen molar-refractivity contribution < 1.29 is 14.3 Å². The standard InChI is InChI=1S/C12H20O3/c13-6-1-2-11-3-7-15-12(10-11)4-8-14-9-5-12/h6,11H,1-5,7-10H2. The minimum absolute atomic E-state index is 0.0874. The second-order valence-electron chi connectivity index (χ2n) is 4.75. The summed E-state index contributed by atoms with van der Waals surface area (Å²) in [6.07, 6.45) is 7.09. The van der Waals surface area contributed by atoms with Gasteiger partial charge in [-0.25, -0.2) is 0 Å². The second kappa shape index (κ2) is 5.08. The molecule has 0 saturated carbocycles. The van der Waals surface area contributed by atoms with Crippen LogP contribution in [0.4, 0.5) is 0 Å². The number of rotatable bonds is 3. The minimum atomic E-state index is 0.0874. The molecule has 0 aliphatic carbocycles. The molecule has 2 heterocycles. The van der Waals surface area contributed by atoms with Gasteiger partial charge in [0.25, 0.3) is 0 Å². The van der Waals surface area contributed by atoms with E-state index >= 15 is 0 Å². The molecule has 3 nitrogen and oxygen atoms in total. The van der Waals surface area contributed by atoms with Gasteiger partial charge in [-0.2, -0.15) is 0 Å². The van der Waals surface area contributed by atoms with Crippen molar-refractivity contribution in [3.05, 3.63) is 0 Å². The van der Waals surface area contributed by atoms with E-state index < -0.39 is 0 Å². The zero-order valence-corrected chi connectivity index (χ0v) is 9.24. The molecule has 0 aromatic rings. The van der Waals surface area contributed by atoms with Crippen LogP contribution in [-0.4, -0.2) is 31.7 Å². The van der Waals surface area contributed by atoms with Crippen LogP contribution >= 0.6 is 0 Å². The monoisotopic (exact) mass is 212 g/mol. The summed E-state index contributed by atoms with van der Waals surface area (Å²) in [7, 11) is 0. The van der Waals surface area contributed by atoms with Crippen LogP contribution in [0.2, 0.25) is 0 Å². The predicted molar refractivity (Wildman–Crippen MR) is 56.8 cm³/mol. The number of ether oxygens (including phenoxy) is 2. The molecule has 2 aliphatic rings. The van der Waals surface area contributed by atoms with Crippen molar-refractivity contribution in [2.75, 3.05) is 19.8 Å². The molecule has 2 fully saturated rings. The van der Waals surface area contributed by atoms with Crippen molar-refractivity contribution in [1.29, 1.82) is 0 Å². The molecule has 3 heteroatoms. The fraction of sp³-hybridized carbons (Fsp3) is 0.917. The van der Waals surface area contributed by atoms with Crippen molar-refractivity contribution in [2.45, 2.75) is 44.1 Å². The highest BCUT2D eigenvalue weighted by Gasteiger charge is 2.38. The largest absolute Gasteiger partial charge is 0.381 e. The SMILES string of the molecule is O=CCCC1CCOC2(CCOCC2)C1. The molecule has 86 valence electrons. The van der Waals surface area contributed by atoms with E-state index in [-0.39, 0.29) is 5.60 Å². The number of hydrogen-bond acceptors (Lipinski definition) is 3. The number of carbonyl (C=O) groups excluding carboxylic acids is 1. The fourth-order valence-electron chi connectivity index (χ4n) is 2.77. The number of hydrogen-bond donors (Lipinski definition) is 0. The molecule has 15 heavy (non-hydrogen) atoms. The highest BCUT2D eigenvalue weighted by Crippen LogP contribution is 2.38. The summed E-state index contributed by atoms with van der Waals surface area (Å²) in [4.78, 5) is 10.4. The summed E-state index contributed by atoms with van der Waals surface area (Å²) in [6.45, 7) is 2.53. The highest BCUT2D eigenvalue weighted by molar-refractivity contribution is 5.49. The van der Waals surface area contributed by atoms with Gasteiger partial charge in [0.05, 0.1) is 5.60 Å². The Morgan fingerprint density at radius 2 is 2.07 bits per heavy atom. The molecule has 1 atom stereocenters. The molecular weight excluding hydrogens is 192 g/mol. The first-order chi connectivity index (χ1) is 7.35. The summed E-state index contributed by atoms with van der Waals surface area (Å²) in [6, 6.07) is 0. The lowest BCUT2D eigenvalue weighted by Crippen LogP contribution is -2.44. The molecule has 0 aromatic carbocycles. The Bertz CT molecular complexity index is 203. The fourth-order valence-corrected chi connectivity index (χ4v) is 2.77. The van der Waals surface area contributed by atoms with E-state index in [1.54, 1.807) is 0 Å². The topological polar surface area (TPSA) is 35.5 Å². The van der Waals surface area contributed by atoms with Gasteiger partial charge in [0, 0.05) is 26.2 Å². The maximum atomic E-state index is 10.4. The number of aldehydes is 1. The van der Waals surface area contributed by atoms with Gasteiger partial charge in [0.2, 0.25) is 0 Å². The van der Waals surface area contributed by atoms with E-state index in [1.165, 1.54) is 0 Å². The molecule has 1 spiro atoms. The zero-order valence-electron chi connectivity index (χ0n) is 9.24. The Kier molecular flexibility index (Phi) is 3.76. The Balaban J connectivity index is 1.87. The lowest BCUT2D eigenvalue weighted by atomic mass is 9.79. The van der Waals surface area contributed by atoms with Gasteiger partial charge < -0.3 is 14.3 Å². The summed E-state index contributed by atoms with van der Waals surface area (Å²) in [5.41, 5.74) is 0.0874. The van der Waals surface area contributed by atoms with Crippen LogP contribution in [0.5, 0.6) is 0 Å². The maximum Gasteiger partial charge on any atom is 0.120 e. The molecule has 2 aliphatic heterocycles. The molecule has 0 aromatic heterocycles. The quantitative estimate of drug-likeness (QED) is 0.671. The third-order valence-electron chi connectivity index (χ3n) is 3.69. The second-order valence-corrected chi connectivity index (χ2v) is 4.75. The molecule has 0 amide bonds. The van der Waals surface area contributed by atoms with Gasteiger partial charge in [-0.15, -0.1) is 0 Å². The van der Waals surface area contributed by atoms with Crippen LogP contribution < -0.4 is 0 Å². The first-order valence-corrected chi connectivity index (χ1v) is 6.00. The summed E-state index contributed by atoms with van der Waals surface area (Å²) in [5.74, 6) is 0.682. The molecule has 0 N–H and O–H groups in total. The van der Waals surface area contributed by atoms with E-state index in [2.05, 4.69) is 0 Å². The Morgan fingerprint density at radius 1 is 1.27 bits per heavy atom. The first-order valence-electron chi connectivity index (χ1n) is 6.00. The molecule has 2 saturated heterocycles. The van der Waals surface area contributed by atoms with E-state index in [4.69, 9.17) is 9.47 Å². The zero-order chi connectivity index (χ0) is 10.6. The van der Waals surface area contributed by atoms with Crippen molar-refractivity contribution in [1.82, 2.24) is 0 Å². The Morgan fingerprint density at radius 3 is 2.80 bits per heavy atom. The number of carbonyl (C=O) groups is 1. The van der Waals surface area contributed by atoms with Crippen molar-refractivity contribution in [3.63, 3.8) is 0 Å². The van der Waals surface area contributed by atoms with Gasteiger partial charge in [-0.1, -0.05) is 0 Å². The van der Waals surface area contributed by atoms with Gasteiger partial charge >= 0.3 is 0 Å². The Hall–Kier alpha value is -0.410. The average molecular weight is 212 g/mol. The normalized spacial score (nSPS) is 30.3. The van der Waals surface area contributed by atoms with Gasteiger partial charge in [0.1, 0.15) is 6.29 Å². The van der Waals surface area contributed by atoms with Gasteiger partial charge in [0.15, 0.2) is 0 Å². The molecule has 0 radical (unpaired) electrons. The summed E-state index contributed by atoms with van der Waals surface area (Å²) in [5, 5.41) is 0. The predicted octanol–water partition coefficient (Wildman–Crippen LogP) is 1.94. The molecule has 1 unspecified atom stereocenters. The van der Waals surface area contributed by atoms with Crippen LogP contribution in [0, 0.1) is 5.92 Å². The van der Waals surface area contributed by atoms with Crippen molar-refractivity contribution in [3.8, 4) is 0 Å². The summed E-state index contributed by atoms with van der Waals surface area (Å²) >= 11 is 0. The molecular formula is C12H20O3. The van der Waals surface area contributed by atoms with Crippen molar-refractivity contribution in [2.24, 2.45) is 5.92 Å². The lowest BCUT2D eigenvalue weighted by molar-refractivity contribution is -0.148. The molecule has 0 bridgehead atoms. The van der Waals surface area contributed by atoms with Crippen LogP contribution in [0.3, 0.4) is 0 Å². The third kappa shape index (κ3) is 2.79. The van der Waals surface area contributed by atoms with Crippen LogP contribution in [0.15, 0.2) is 0 Å². The Labute approximate surface area is 91.1 Å². The first kappa shape index (κ1) is 11.1. The van der Waals surface area contributed by atoms with E-state index in [0.717, 1.165) is 58.2 Å². The minimum Gasteiger partial charge on any atom is -0.381 e.